The summed E-state index contributed by atoms with van der Waals surface area (Å²) in [7, 11) is 2.16. The first-order valence-corrected chi connectivity index (χ1v) is 13.0. The monoisotopic (exact) mass is 514 g/mol. The van der Waals surface area contributed by atoms with Crippen LogP contribution in [0.3, 0.4) is 0 Å². The minimum absolute atomic E-state index is 0.0709. The molecule has 2 saturated heterocycles. The van der Waals surface area contributed by atoms with E-state index in [-0.39, 0.29) is 5.91 Å². The van der Waals surface area contributed by atoms with E-state index in [1.54, 1.807) is 30.5 Å². The summed E-state index contributed by atoms with van der Waals surface area (Å²) in [5.41, 5.74) is 8.77. The molecule has 10 nitrogen and oxygen atoms in total. The predicted octanol–water partition coefficient (Wildman–Crippen LogP) is 1.96. The molecule has 3 aromatic rings. The highest BCUT2D eigenvalue weighted by molar-refractivity contribution is 5.92. The summed E-state index contributed by atoms with van der Waals surface area (Å²) in [6, 6.07) is 17.2. The summed E-state index contributed by atoms with van der Waals surface area (Å²) in [6.07, 6.45) is 2.06. The van der Waals surface area contributed by atoms with Crippen LogP contribution in [0.4, 0.5) is 23.1 Å². The van der Waals surface area contributed by atoms with Crippen LogP contribution in [0.15, 0.2) is 60.8 Å². The third-order valence-corrected chi connectivity index (χ3v) is 7.18. The summed E-state index contributed by atoms with van der Waals surface area (Å²) in [5, 5.41) is 3.32. The molecular weight excluding hydrogens is 480 g/mol. The average molecular weight is 515 g/mol. The number of anilines is 4. The number of amides is 2. The minimum Gasteiger partial charge on any atom is -0.369 e. The maximum Gasteiger partial charge on any atom is 0.248 e. The quantitative estimate of drug-likeness (QED) is 0.492. The Balaban J connectivity index is 1.13. The smallest absolute Gasteiger partial charge is 0.248 e. The van der Waals surface area contributed by atoms with Gasteiger partial charge in [-0.2, -0.15) is 4.98 Å². The van der Waals surface area contributed by atoms with Crippen molar-refractivity contribution in [3.8, 4) is 0 Å². The van der Waals surface area contributed by atoms with Crippen molar-refractivity contribution >= 4 is 35.0 Å². The lowest BCUT2D eigenvalue weighted by Crippen LogP contribution is -2.49. The van der Waals surface area contributed by atoms with E-state index in [0.29, 0.717) is 44.1 Å². The standard InChI is InChI=1S/C28H34N8O2/c1-33-12-14-34(15-13-33)24-8-6-23(7-9-24)31-28-30-11-10-25(32-28)35-16-18-36(19-17-35)26(37)20-21-2-4-22(5-3-21)27(29)38/h2-11H,12-20H2,1H3,(H2,29,38)(H,30,31,32). The lowest BCUT2D eigenvalue weighted by atomic mass is 10.1. The van der Waals surface area contributed by atoms with Crippen LogP contribution in [0, 0.1) is 0 Å². The molecule has 38 heavy (non-hydrogen) atoms. The van der Waals surface area contributed by atoms with E-state index in [1.165, 1.54) is 5.69 Å². The largest absolute Gasteiger partial charge is 0.369 e. The van der Waals surface area contributed by atoms with Crippen LogP contribution in [0.1, 0.15) is 15.9 Å². The predicted molar refractivity (Wildman–Crippen MR) is 149 cm³/mol. The van der Waals surface area contributed by atoms with Gasteiger partial charge in [-0.1, -0.05) is 12.1 Å². The zero-order valence-corrected chi connectivity index (χ0v) is 21.7. The van der Waals surface area contributed by atoms with Gasteiger partial charge < -0.3 is 30.7 Å². The van der Waals surface area contributed by atoms with Crippen LogP contribution in [-0.2, 0) is 11.2 Å². The summed E-state index contributed by atoms with van der Waals surface area (Å²) in [6.45, 7) is 6.88. The minimum atomic E-state index is -0.471. The van der Waals surface area contributed by atoms with Crippen molar-refractivity contribution in [1.29, 1.82) is 0 Å². The van der Waals surface area contributed by atoms with Crippen molar-refractivity contribution < 1.29 is 9.59 Å². The number of benzene rings is 2. The molecule has 2 aromatic carbocycles. The molecule has 3 N–H and O–H groups in total. The fraction of sp³-hybridized carbons (Fsp3) is 0.357. The molecule has 5 rings (SSSR count). The Morgan fingerprint density at radius 1 is 0.842 bits per heavy atom. The molecule has 2 aliphatic rings. The lowest BCUT2D eigenvalue weighted by Gasteiger charge is -2.35. The fourth-order valence-electron chi connectivity index (χ4n) is 4.79. The summed E-state index contributed by atoms with van der Waals surface area (Å²) in [4.78, 5) is 42.0. The van der Waals surface area contributed by atoms with Gasteiger partial charge in [0.05, 0.1) is 6.42 Å². The Hall–Kier alpha value is -4.18. The van der Waals surface area contributed by atoms with E-state index >= 15 is 0 Å². The third-order valence-electron chi connectivity index (χ3n) is 7.18. The Kier molecular flexibility index (Phi) is 7.69. The Morgan fingerprint density at radius 2 is 1.50 bits per heavy atom. The van der Waals surface area contributed by atoms with Crippen LogP contribution in [0.5, 0.6) is 0 Å². The van der Waals surface area contributed by atoms with E-state index < -0.39 is 5.91 Å². The first-order valence-electron chi connectivity index (χ1n) is 13.0. The molecule has 2 aliphatic heterocycles. The van der Waals surface area contributed by atoms with E-state index in [9.17, 15) is 9.59 Å². The van der Waals surface area contributed by atoms with Gasteiger partial charge >= 0.3 is 0 Å². The molecule has 0 aliphatic carbocycles. The Morgan fingerprint density at radius 3 is 2.16 bits per heavy atom. The number of piperazine rings is 2. The van der Waals surface area contributed by atoms with Crippen LogP contribution in [-0.4, -0.2) is 91.0 Å². The molecule has 3 heterocycles. The van der Waals surface area contributed by atoms with Crippen molar-refractivity contribution in [3.05, 3.63) is 71.9 Å². The van der Waals surface area contributed by atoms with Gasteiger partial charge in [-0.25, -0.2) is 4.98 Å². The van der Waals surface area contributed by atoms with E-state index in [1.807, 2.05) is 11.0 Å². The third kappa shape index (κ3) is 6.20. The summed E-state index contributed by atoms with van der Waals surface area (Å²) >= 11 is 0. The Bertz CT molecular complexity index is 1250. The van der Waals surface area contributed by atoms with Crippen LogP contribution >= 0.6 is 0 Å². The topological polar surface area (TPSA) is 111 Å². The second kappa shape index (κ2) is 11.5. The molecule has 0 unspecified atom stereocenters. The van der Waals surface area contributed by atoms with Gasteiger partial charge in [0.2, 0.25) is 17.8 Å². The van der Waals surface area contributed by atoms with Gasteiger partial charge in [0.1, 0.15) is 5.82 Å². The van der Waals surface area contributed by atoms with Crippen molar-refractivity contribution in [1.82, 2.24) is 19.8 Å². The SMILES string of the molecule is CN1CCN(c2ccc(Nc3nccc(N4CCN(C(=O)Cc5ccc(C(N)=O)cc5)CC4)n3)cc2)CC1. The van der Waals surface area contributed by atoms with Crippen molar-refractivity contribution in [2.75, 3.05) is 74.5 Å². The number of aromatic nitrogens is 2. The number of hydrogen-bond acceptors (Lipinski definition) is 8. The number of carbonyl (C=O) groups is 2. The van der Waals surface area contributed by atoms with E-state index in [0.717, 1.165) is 43.2 Å². The zero-order chi connectivity index (χ0) is 26.5. The van der Waals surface area contributed by atoms with Crippen molar-refractivity contribution in [2.24, 2.45) is 5.73 Å². The molecule has 0 radical (unpaired) electrons. The Labute approximate surface area is 223 Å². The highest BCUT2D eigenvalue weighted by atomic mass is 16.2. The van der Waals surface area contributed by atoms with Crippen LogP contribution < -0.4 is 20.9 Å². The first kappa shape index (κ1) is 25.5. The molecule has 0 saturated carbocycles. The first-order chi connectivity index (χ1) is 18.4. The van der Waals surface area contributed by atoms with Crippen LogP contribution in [0.25, 0.3) is 0 Å². The number of nitrogens with two attached hydrogens (primary N) is 1. The second-order valence-corrected chi connectivity index (χ2v) is 9.81. The number of carbonyl (C=O) groups excluding carboxylic acids is 2. The number of likely N-dealkylation sites (N-methyl/N-ethyl adjacent to an activating group) is 1. The maximum atomic E-state index is 12.8. The van der Waals surface area contributed by atoms with Crippen molar-refractivity contribution in [3.63, 3.8) is 0 Å². The molecule has 0 atom stereocenters. The van der Waals surface area contributed by atoms with Gasteiger partial charge in [0, 0.05) is 75.5 Å². The lowest BCUT2D eigenvalue weighted by molar-refractivity contribution is -0.130. The van der Waals surface area contributed by atoms with Gasteiger partial charge in [-0.3, -0.25) is 9.59 Å². The zero-order valence-electron chi connectivity index (χ0n) is 21.7. The number of nitrogens with one attached hydrogen (secondary N) is 1. The molecule has 2 fully saturated rings. The van der Waals surface area contributed by atoms with Crippen LogP contribution in [0.2, 0.25) is 0 Å². The average Bonchev–Trinajstić information content (AvgIpc) is 2.94. The van der Waals surface area contributed by atoms with Gasteiger partial charge in [0.25, 0.3) is 0 Å². The number of primary amides is 1. The number of rotatable bonds is 7. The molecule has 198 valence electrons. The van der Waals surface area contributed by atoms with Gasteiger partial charge in [-0.05, 0) is 55.1 Å². The van der Waals surface area contributed by atoms with Crippen molar-refractivity contribution in [2.45, 2.75) is 6.42 Å². The molecule has 0 spiro atoms. The number of nitrogens with zero attached hydrogens (tertiary/aromatic N) is 6. The summed E-state index contributed by atoms with van der Waals surface area (Å²) < 4.78 is 0. The molecular formula is C28H34N8O2. The molecule has 0 bridgehead atoms. The highest BCUT2D eigenvalue weighted by Gasteiger charge is 2.22. The fourth-order valence-corrected chi connectivity index (χ4v) is 4.79. The maximum absolute atomic E-state index is 12.8. The second-order valence-electron chi connectivity index (χ2n) is 9.81. The molecule has 1 aromatic heterocycles. The van der Waals surface area contributed by atoms with Gasteiger partial charge in [-0.15, -0.1) is 0 Å². The number of hydrogen-bond donors (Lipinski definition) is 2. The van der Waals surface area contributed by atoms with E-state index in [2.05, 4.69) is 56.3 Å². The molecule has 10 heteroatoms. The summed E-state index contributed by atoms with van der Waals surface area (Å²) in [5.74, 6) is 0.987. The van der Waals surface area contributed by atoms with Gasteiger partial charge in [0.15, 0.2) is 0 Å². The molecule has 2 amide bonds. The normalized spacial score (nSPS) is 16.4. The van der Waals surface area contributed by atoms with E-state index in [4.69, 9.17) is 10.7 Å². The highest BCUT2D eigenvalue weighted by Crippen LogP contribution is 2.22.